The quantitative estimate of drug-likeness (QED) is 0.504. The molecule has 0 aromatic heterocycles. The minimum Gasteiger partial charge on any atom is -0.338 e. The predicted molar refractivity (Wildman–Crippen MR) is 79.8 cm³/mol. The third-order valence-electron chi connectivity index (χ3n) is 4.23. The second kappa shape index (κ2) is 6.09. The van der Waals surface area contributed by atoms with E-state index < -0.39 is 4.92 Å². The van der Waals surface area contributed by atoms with E-state index in [2.05, 4.69) is 19.3 Å². The first kappa shape index (κ1) is 15.2. The maximum atomic E-state index is 12.6. The summed E-state index contributed by atoms with van der Waals surface area (Å²) in [7, 11) is 0. The standard InChI is InChI=1S/C14H20N4O3/c1-9-6-7-17(8-10(9)2)14(19)11-4-3-5-12(16-15)13(11)18(20)21/h3-5,9-10,16H,6-8,15H2,1-2H3. The van der Waals surface area contributed by atoms with Gasteiger partial charge in [0.1, 0.15) is 11.3 Å². The van der Waals surface area contributed by atoms with E-state index in [1.54, 1.807) is 11.0 Å². The highest BCUT2D eigenvalue weighted by atomic mass is 16.6. The van der Waals surface area contributed by atoms with E-state index in [0.29, 0.717) is 24.9 Å². The van der Waals surface area contributed by atoms with Gasteiger partial charge in [-0.3, -0.25) is 20.8 Å². The number of nitro groups is 1. The molecule has 114 valence electrons. The molecule has 0 radical (unpaired) electrons. The number of likely N-dealkylation sites (tertiary alicyclic amines) is 1. The van der Waals surface area contributed by atoms with Crippen LogP contribution >= 0.6 is 0 Å². The number of nitrogen functional groups attached to an aromatic ring is 1. The van der Waals surface area contributed by atoms with E-state index in [9.17, 15) is 14.9 Å². The molecule has 2 rings (SSSR count). The summed E-state index contributed by atoms with van der Waals surface area (Å²) in [5.41, 5.74) is 2.23. The fourth-order valence-corrected chi connectivity index (χ4v) is 2.65. The number of para-hydroxylation sites is 1. The summed E-state index contributed by atoms with van der Waals surface area (Å²) in [6.45, 7) is 5.50. The van der Waals surface area contributed by atoms with E-state index >= 15 is 0 Å². The van der Waals surface area contributed by atoms with E-state index in [0.717, 1.165) is 6.42 Å². The Kier molecular flexibility index (Phi) is 4.42. The van der Waals surface area contributed by atoms with Crippen molar-refractivity contribution in [2.45, 2.75) is 20.3 Å². The van der Waals surface area contributed by atoms with Gasteiger partial charge in [-0.05, 0) is 30.4 Å². The summed E-state index contributed by atoms with van der Waals surface area (Å²) in [5, 5.41) is 11.2. The molecule has 1 amide bonds. The predicted octanol–water partition coefficient (Wildman–Crippen LogP) is 2.00. The van der Waals surface area contributed by atoms with Crippen LogP contribution in [-0.4, -0.2) is 28.8 Å². The van der Waals surface area contributed by atoms with Crippen molar-refractivity contribution in [2.75, 3.05) is 18.5 Å². The van der Waals surface area contributed by atoms with Crippen LogP contribution in [0.1, 0.15) is 30.6 Å². The second-order valence-corrected chi connectivity index (χ2v) is 5.60. The number of amides is 1. The van der Waals surface area contributed by atoms with Gasteiger partial charge >= 0.3 is 5.69 Å². The van der Waals surface area contributed by atoms with Crippen molar-refractivity contribution in [3.8, 4) is 0 Å². The van der Waals surface area contributed by atoms with Crippen LogP contribution < -0.4 is 11.3 Å². The van der Waals surface area contributed by atoms with Gasteiger partial charge in [0.05, 0.1) is 4.92 Å². The Balaban J connectivity index is 2.33. The maximum Gasteiger partial charge on any atom is 0.306 e. The lowest BCUT2D eigenvalue weighted by molar-refractivity contribution is -0.384. The number of piperidine rings is 1. The van der Waals surface area contributed by atoms with E-state index in [-0.39, 0.29) is 22.8 Å². The number of hydrogen-bond donors (Lipinski definition) is 2. The Morgan fingerprint density at radius 3 is 2.71 bits per heavy atom. The molecule has 7 nitrogen and oxygen atoms in total. The van der Waals surface area contributed by atoms with Crippen molar-refractivity contribution in [2.24, 2.45) is 17.7 Å². The van der Waals surface area contributed by atoms with Crippen LogP contribution in [0.15, 0.2) is 18.2 Å². The van der Waals surface area contributed by atoms with Crippen LogP contribution in [0.5, 0.6) is 0 Å². The zero-order valence-electron chi connectivity index (χ0n) is 12.2. The number of nitrogens with one attached hydrogen (secondary N) is 1. The number of nitro benzene ring substituents is 1. The smallest absolute Gasteiger partial charge is 0.306 e. The third-order valence-corrected chi connectivity index (χ3v) is 4.23. The van der Waals surface area contributed by atoms with Crippen LogP contribution in [0, 0.1) is 22.0 Å². The highest BCUT2D eigenvalue weighted by Crippen LogP contribution is 2.30. The molecule has 2 unspecified atom stereocenters. The Morgan fingerprint density at radius 2 is 2.14 bits per heavy atom. The number of rotatable bonds is 3. The number of carbonyl (C=O) groups excluding carboxylic acids is 1. The topological polar surface area (TPSA) is 102 Å². The average Bonchev–Trinajstić information content (AvgIpc) is 2.48. The lowest BCUT2D eigenvalue weighted by Crippen LogP contribution is -2.42. The summed E-state index contributed by atoms with van der Waals surface area (Å²) in [6.07, 6.45) is 0.912. The molecular formula is C14H20N4O3. The summed E-state index contributed by atoms with van der Waals surface area (Å²) in [5.74, 6) is 5.93. The monoisotopic (exact) mass is 292 g/mol. The van der Waals surface area contributed by atoms with Gasteiger partial charge in [-0.1, -0.05) is 19.9 Å². The molecule has 0 saturated carbocycles. The first-order valence-electron chi connectivity index (χ1n) is 6.99. The van der Waals surface area contributed by atoms with Crippen LogP contribution in [0.25, 0.3) is 0 Å². The van der Waals surface area contributed by atoms with E-state index in [4.69, 9.17) is 5.84 Å². The normalized spacial score (nSPS) is 22.0. The molecule has 0 bridgehead atoms. The molecule has 1 aliphatic rings. The van der Waals surface area contributed by atoms with Crippen molar-refractivity contribution in [1.29, 1.82) is 0 Å². The van der Waals surface area contributed by atoms with Gasteiger partial charge in [0.15, 0.2) is 0 Å². The summed E-state index contributed by atoms with van der Waals surface area (Å²) in [4.78, 5) is 25.0. The number of benzene rings is 1. The zero-order valence-corrected chi connectivity index (χ0v) is 12.2. The molecule has 1 fully saturated rings. The van der Waals surface area contributed by atoms with Gasteiger partial charge in [-0.25, -0.2) is 0 Å². The molecule has 0 aliphatic carbocycles. The van der Waals surface area contributed by atoms with Gasteiger partial charge in [0.25, 0.3) is 5.91 Å². The number of hydrogen-bond acceptors (Lipinski definition) is 5. The van der Waals surface area contributed by atoms with E-state index in [1.165, 1.54) is 12.1 Å². The summed E-state index contributed by atoms with van der Waals surface area (Å²) in [6, 6.07) is 4.55. The van der Waals surface area contributed by atoms with Gasteiger partial charge in [-0.15, -0.1) is 0 Å². The summed E-state index contributed by atoms with van der Waals surface area (Å²) < 4.78 is 0. The summed E-state index contributed by atoms with van der Waals surface area (Å²) >= 11 is 0. The lowest BCUT2D eigenvalue weighted by atomic mass is 9.88. The molecule has 7 heteroatoms. The minimum atomic E-state index is -0.571. The first-order valence-corrected chi connectivity index (χ1v) is 6.99. The highest BCUT2D eigenvalue weighted by molar-refractivity contribution is 6.00. The zero-order chi connectivity index (χ0) is 15.6. The second-order valence-electron chi connectivity index (χ2n) is 5.60. The highest BCUT2D eigenvalue weighted by Gasteiger charge is 2.31. The Labute approximate surface area is 123 Å². The third kappa shape index (κ3) is 2.97. The van der Waals surface area contributed by atoms with Crippen LogP contribution in [0.3, 0.4) is 0 Å². The van der Waals surface area contributed by atoms with Crippen LogP contribution in [-0.2, 0) is 0 Å². The number of nitrogens with two attached hydrogens (primary N) is 1. The van der Waals surface area contributed by atoms with Gasteiger partial charge < -0.3 is 10.3 Å². The number of anilines is 1. The van der Waals surface area contributed by atoms with Crippen molar-refractivity contribution in [3.63, 3.8) is 0 Å². The van der Waals surface area contributed by atoms with Crippen LogP contribution in [0.2, 0.25) is 0 Å². The molecule has 1 aromatic rings. The van der Waals surface area contributed by atoms with Gasteiger partial charge in [-0.2, -0.15) is 0 Å². The Morgan fingerprint density at radius 1 is 1.43 bits per heavy atom. The molecule has 1 saturated heterocycles. The largest absolute Gasteiger partial charge is 0.338 e. The number of carbonyl (C=O) groups is 1. The van der Waals surface area contributed by atoms with Crippen molar-refractivity contribution >= 4 is 17.3 Å². The Bertz CT molecular complexity index is 561. The lowest BCUT2D eigenvalue weighted by Gasteiger charge is -2.35. The molecule has 1 heterocycles. The molecule has 21 heavy (non-hydrogen) atoms. The molecule has 0 spiro atoms. The number of nitrogens with zero attached hydrogens (tertiary/aromatic N) is 2. The van der Waals surface area contributed by atoms with Crippen molar-refractivity contribution in [3.05, 3.63) is 33.9 Å². The maximum absolute atomic E-state index is 12.6. The fourth-order valence-electron chi connectivity index (χ4n) is 2.65. The molecular weight excluding hydrogens is 272 g/mol. The Hall–Kier alpha value is -2.15. The SMILES string of the molecule is CC1CCN(C(=O)c2cccc(NN)c2[N+](=O)[O-])CC1C. The van der Waals surface area contributed by atoms with Gasteiger partial charge in [0, 0.05) is 13.1 Å². The molecule has 2 atom stereocenters. The molecule has 1 aromatic carbocycles. The van der Waals surface area contributed by atoms with Crippen molar-refractivity contribution in [1.82, 2.24) is 4.90 Å². The number of hydrazine groups is 1. The minimum absolute atomic E-state index is 0.0807. The molecule has 3 N–H and O–H groups in total. The van der Waals surface area contributed by atoms with Gasteiger partial charge in [0.2, 0.25) is 0 Å². The fraction of sp³-hybridized carbons (Fsp3) is 0.500. The molecule has 1 aliphatic heterocycles. The van der Waals surface area contributed by atoms with Crippen molar-refractivity contribution < 1.29 is 9.72 Å². The van der Waals surface area contributed by atoms with E-state index in [1.807, 2.05) is 0 Å². The first-order chi connectivity index (χ1) is 9.95. The average molecular weight is 292 g/mol. The van der Waals surface area contributed by atoms with Crippen LogP contribution in [0.4, 0.5) is 11.4 Å².